The van der Waals surface area contributed by atoms with Crippen molar-refractivity contribution in [3.63, 3.8) is 0 Å². The number of ether oxygens (including phenoxy) is 1. The zero-order valence-electron chi connectivity index (χ0n) is 23.9. The Balaban J connectivity index is 2.08. The molecule has 0 saturated heterocycles. The normalized spacial score (nSPS) is 11.9. The first-order chi connectivity index (χ1) is 19.1. The van der Waals surface area contributed by atoms with E-state index < -0.39 is 28.5 Å². The van der Waals surface area contributed by atoms with Crippen LogP contribution in [-0.4, -0.2) is 51.4 Å². The van der Waals surface area contributed by atoms with Crippen molar-refractivity contribution in [1.82, 2.24) is 10.2 Å². The van der Waals surface area contributed by atoms with Crippen molar-refractivity contribution in [2.24, 2.45) is 0 Å². The lowest BCUT2D eigenvalue weighted by Gasteiger charge is -2.33. The number of nitrogens with one attached hydrogen (secondary N) is 1. The number of amides is 2. The third-order valence-corrected chi connectivity index (χ3v) is 8.31. The van der Waals surface area contributed by atoms with Gasteiger partial charge in [0.25, 0.3) is 10.0 Å². The van der Waals surface area contributed by atoms with Crippen molar-refractivity contribution in [1.29, 1.82) is 0 Å². The van der Waals surface area contributed by atoms with Crippen LogP contribution in [-0.2, 0) is 26.2 Å². The number of nitrogens with zero attached hydrogens (tertiary/aromatic N) is 2. The second-order valence-corrected chi connectivity index (χ2v) is 11.6. The number of hydrogen-bond acceptors (Lipinski definition) is 5. The van der Waals surface area contributed by atoms with E-state index in [1.807, 2.05) is 45.9 Å². The van der Waals surface area contributed by atoms with E-state index in [0.29, 0.717) is 24.4 Å². The highest BCUT2D eigenvalue weighted by atomic mass is 32.2. The van der Waals surface area contributed by atoms with E-state index in [1.54, 1.807) is 49.6 Å². The molecule has 1 atom stereocenters. The van der Waals surface area contributed by atoms with Gasteiger partial charge in [-0.15, -0.1) is 0 Å². The summed E-state index contributed by atoms with van der Waals surface area (Å²) in [5, 5.41) is 2.89. The van der Waals surface area contributed by atoms with Crippen LogP contribution in [0.1, 0.15) is 43.4 Å². The molecule has 0 aliphatic carbocycles. The highest BCUT2D eigenvalue weighted by Crippen LogP contribution is 2.27. The quantitative estimate of drug-likeness (QED) is 0.320. The van der Waals surface area contributed by atoms with Crippen LogP contribution in [0.3, 0.4) is 0 Å². The van der Waals surface area contributed by atoms with Gasteiger partial charge in [-0.3, -0.25) is 13.9 Å². The third kappa shape index (κ3) is 7.63. The number of sulfonamides is 1. The van der Waals surface area contributed by atoms with E-state index in [2.05, 4.69) is 5.32 Å². The van der Waals surface area contributed by atoms with Crippen molar-refractivity contribution >= 4 is 27.5 Å². The Morgan fingerprint density at radius 3 is 2.20 bits per heavy atom. The zero-order valence-corrected chi connectivity index (χ0v) is 24.7. The van der Waals surface area contributed by atoms with Crippen LogP contribution in [0.2, 0.25) is 0 Å². The molecule has 0 radical (unpaired) electrons. The maximum atomic E-state index is 14.1. The Bertz CT molecular complexity index is 1390. The molecule has 214 valence electrons. The summed E-state index contributed by atoms with van der Waals surface area (Å²) < 4.78 is 34.3. The number of benzene rings is 3. The fourth-order valence-electron chi connectivity index (χ4n) is 4.60. The Morgan fingerprint density at radius 1 is 0.925 bits per heavy atom. The molecule has 0 heterocycles. The number of anilines is 1. The van der Waals surface area contributed by atoms with E-state index >= 15 is 0 Å². The van der Waals surface area contributed by atoms with Crippen molar-refractivity contribution in [2.75, 3.05) is 24.5 Å². The van der Waals surface area contributed by atoms with Gasteiger partial charge in [0.1, 0.15) is 18.3 Å². The molecule has 3 rings (SSSR count). The first kappa shape index (κ1) is 30.7. The maximum Gasteiger partial charge on any atom is 0.264 e. The molecule has 0 spiro atoms. The van der Waals surface area contributed by atoms with Crippen LogP contribution in [0.4, 0.5) is 5.69 Å². The summed E-state index contributed by atoms with van der Waals surface area (Å²) in [6, 6.07) is 20.0. The van der Waals surface area contributed by atoms with Gasteiger partial charge in [-0.05, 0) is 79.8 Å². The molecule has 0 fully saturated rings. The predicted octanol–water partition coefficient (Wildman–Crippen LogP) is 4.84. The first-order valence-electron chi connectivity index (χ1n) is 13.5. The topological polar surface area (TPSA) is 96.0 Å². The molecule has 0 bridgehead atoms. The van der Waals surface area contributed by atoms with E-state index in [0.717, 1.165) is 27.4 Å². The van der Waals surface area contributed by atoms with Crippen LogP contribution in [0.5, 0.6) is 5.75 Å². The lowest BCUT2D eigenvalue weighted by atomic mass is 10.1. The Hall–Kier alpha value is -3.85. The van der Waals surface area contributed by atoms with Crippen LogP contribution in [0.15, 0.2) is 77.7 Å². The highest BCUT2D eigenvalue weighted by Gasteiger charge is 2.33. The Labute approximate surface area is 238 Å². The summed E-state index contributed by atoms with van der Waals surface area (Å²) in [4.78, 5) is 28.9. The largest absolute Gasteiger partial charge is 0.497 e. The van der Waals surface area contributed by atoms with E-state index in [4.69, 9.17) is 4.74 Å². The summed E-state index contributed by atoms with van der Waals surface area (Å²) in [5.41, 5.74) is 2.89. The van der Waals surface area contributed by atoms with Crippen molar-refractivity contribution in [3.05, 3.63) is 89.5 Å². The zero-order chi connectivity index (χ0) is 29.3. The molecule has 1 unspecified atom stereocenters. The molecule has 0 aliphatic rings. The SMILES string of the molecule is CCCNC(=O)C(CC)N(Cc1cccc(OC)c1)C(=O)CN(c1cc(C)cc(C)c1)S(=O)(=O)c1ccccc1. The van der Waals surface area contributed by atoms with Crippen molar-refractivity contribution in [3.8, 4) is 5.75 Å². The smallest absolute Gasteiger partial charge is 0.264 e. The fraction of sp³-hybridized carbons (Fsp3) is 0.355. The minimum absolute atomic E-state index is 0.0778. The second kappa shape index (κ2) is 14.0. The minimum atomic E-state index is -4.10. The van der Waals surface area contributed by atoms with E-state index in [1.165, 1.54) is 17.0 Å². The van der Waals surface area contributed by atoms with Gasteiger partial charge in [-0.1, -0.05) is 50.2 Å². The van der Waals surface area contributed by atoms with Crippen LogP contribution in [0.25, 0.3) is 0 Å². The van der Waals surface area contributed by atoms with Crippen molar-refractivity contribution in [2.45, 2.75) is 58.0 Å². The summed E-state index contributed by atoms with van der Waals surface area (Å²) in [7, 11) is -2.54. The average Bonchev–Trinajstić information content (AvgIpc) is 2.94. The van der Waals surface area contributed by atoms with Gasteiger partial charge >= 0.3 is 0 Å². The third-order valence-electron chi connectivity index (χ3n) is 6.53. The number of carbonyl (C=O) groups excluding carboxylic acids is 2. The average molecular weight is 566 g/mol. The number of methoxy groups -OCH3 is 1. The molecule has 9 heteroatoms. The summed E-state index contributed by atoms with van der Waals surface area (Å²) >= 11 is 0. The van der Waals surface area contributed by atoms with Crippen molar-refractivity contribution < 1.29 is 22.7 Å². The molecule has 0 aromatic heterocycles. The van der Waals surface area contributed by atoms with Crippen LogP contribution >= 0.6 is 0 Å². The number of rotatable bonds is 13. The summed E-state index contributed by atoms with van der Waals surface area (Å²) in [5.74, 6) is -0.138. The van der Waals surface area contributed by atoms with Gasteiger partial charge < -0.3 is 15.0 Å². The standard InChI is InChI=1S/C31H39N3O5S/c1-6-16-32-31(36)29(7-2)33(21-25-12-11-13-27(20-25)39-5)30(35)22-34(26-18-23(3)17-24(4)19-26)40(37,38)28-14-9-8-10-15-28/h8-15,17-20,29H,6-7,16,21-22H2,1-5H3,(H,32,36). The van der Waals surface area contributed by atoms with Gasteiger partial charge in [-0.2, -0.15) is 0 Å². The Kier molecular flexibility index (Phi) is 10.7. The number of carbonyl (C=O) groups is 2. The van der Waals surface area contributed by atoms with E-state index in [-0.39, 0.29) is 17.3 Å². The van der Waals surface area contributed by atoms with Gasteiger partial charge in [0, 0.05) is 13.1 Å². The molecule has 8 nitrogen and oxygen atoms in total. The van der Waals surface area contributed by atoms with Gasteiger partial charge in [0.05, 0.1) is 17.7 Å². The second-order valence-electron chi connectivity index (χ2n) is 9.76. The summed E-state index contributed by atoms with van der Waals surface area (Å²) in [6.07, 6.45) is 1.11. The van der Waals surface area contributed by atoms with Gasteiger partial charge in [0.2, 0.25) is 11.8 Å². The monoisotopic (exact) mass is 565 g/mol. The maximum absolute atomic E-state index is 14.1. The lowest BCUT2D eigenvalue weighted by molar-refractivity contribution is -0.140. The molecule has 3 aromatic carbocycles. The predicted molar refractivity (Wildman–Crippen MR) is 158 cm³/mol. The lowest BCUT2D eigenvalue weighted by Crippen LogP contribution is -2.52. The molecule has 40 heavy (non-hydrogen) atoms. The van der Waals surface area contributed by atoms with Gasteiger partial charge in [0.15, 0.2) is 0 Å². The van der Waals surface area contributed by atoms with Crippen LogP contribution < -0.4 is 14.4 Å². The first-order valence-corrected chi connectivity index (χ1v) is 14.9. The molecular weight excluding hydrogens is 526 g/mol. The molecular formula is C31H39N3O5S. The molecule has 3 aromatic rings. The fourth-order valence-corrected chi connectivity index (χ4v) is 6.01. The highest BCUT2D eigenvalue weighted by molar-refractivity contribution is 7.92. The minimum Gasteiger partial charge on any atom is -0.497 e. The summed E-state index contributed by atoms with van der Waals surface area (Å²) in [6.45, 7) is 7.67. The molecule has 1 N–H and O–H groups in total. The molecule has 0 saturated carbocycles. The molecule has 2 amide bonds. The Morgan fingerprint density at radius 2 is 1.60 bits per heavy atom. The van der Waals surface area contributed by atoms with E-state index in [9.17, 15) is 18.0 Å². The number of hydrogen-bond donors (Lipinski definition) is 1. The molecule has 0 aliphatic heterocycles. The van der Waals surface area contributed by atoms with Crippen LogP contribution in [0, 0.1) is 13.8 Å². The van der Waals surface area contributed by atoms with Gasteiger partial charge in [-0.25, -0.2) is 8.42 Å². The number of aryl methyl sites for hydroxylation is 2.